The van der Waals surface area contributed by atoms with Gasteiger partial charge in [-0.3, -0.25) is 0 Å². The number of amides is 1. The molecule has 2 aromatic carbocycles. The zero-order chi connectivity index (χ0) is 21.9. The second-order valence-electron chi connectivity index (χ2n) is 6.94. The number of hydrogen-bond acceptors (Lipinski definition) is 5. The minimum Gasteiger partial charge on any atom is -0.593 e. The molecule has 1 saturated heterocycles. The predicted octanol–water partition coefficient (Wildman–Crippen LogP) is 3.92. The van der Waals surface area contributed by atoms with Gasteiger partial charge in [-0.25, -0.2) is 4.79 Å². The van der Waals surface area contributed by atoms with E-state index in [0.29, 0.717) is 32.7 Å². The summed E-state index contributed by atoms with van der Waals surface area (Å²) in [5.74, 6) is 0. The van der Waals surface area contributed by atoms with E-state index >= 15 is 0 Å². The molecular weight excluding hydrogens is 449 g/mol. The molecule has 1 amide bonds. The molecule has 1 aliphatic heterocycles. The Morgan fingerprint density at radius 3 is 2.33 bits per heavy atom. The summed E-state index contributed by atoms with van der Waals surface area (Å²) in [6.07, 6.45) is -0.405. The maximum Gasteiger partial charge on any atom is 0.409 e. The normalized spacial score (nSPS) is 16.8. The van der Waals surface area contributed by atoms with Gasteiger partial charge in [0.1, 0.15) is 0 Å². The summed E-state index contributed by atoms with van der Waals surface area (Å²) in [5.41, 5.74) is 1.93. The molecule has 30 heavy (non-hydrogen) atoms. The van der Waals surface area contributed by atoms with Gasteiger partial charge in [0, 0.05) is 32.4 Å². The third-order valence-electron chi connectivity index (χ3n) is 4.94. The van der Waals surface area contributed by atoms with Crippen molar-refractivity contribution in [2.24, 2.45) is 0 Å². The van der Waals surface area contributed by atoms with Gasteiger partial charge < -0.3 is 19.1 Å². The molecule has 1 heterocycles. The lowest BCUT2D eigenvalue weighted by molar-refractivity contribution is 0.131. The van der Waals surface area contributed by atoms with Crippen molar-refractivity contribution < 1.29 is 18.3 Å². The molecule has 1 atom stereocenters. The van der Waals surface area contributed by atoms with Crippen LogP contribution in [-0.2, 0) is 25.9 Å². The maximum absolute atomic E-state index is 13.0. The van der Waals surface area contributed by atoms with Crippen LogP contribution in [-0.4, -0.2) is 60.2 Å². The number of nitrogens with zero attached hydrogens (tertiary/aromatic N) is 3. The lowest BCUT2D eigenvalue weighted by Gasteiger charge is -2.37. The quantitative estimate of drug-likeness (QED) is 0.617. The number of hydrogen-bond donors (Lipinski definition) is 0. The molecule has 1 unspecified atom stereocenters. The highest BCUT2D eigenvalue weighted by Crippen LogP contribution is 2.35. The molecule has 10 heteroatoms. The second-order valence-corrected chi connectivity index (χ2v) is 9.63. The number of sulfonamides is 1. The average molecular weight is 472 g/mol. The monoisotopic (exact) mass is 471 g/mol. The Kier molecular flexibility index (Phi) is 7.26. The van der Waals surface area contributed by atoms with Crippen LogP contribution in [0, 0.1) is 0 Å². The van der Waals surface area contributed by atoms with Crippen LogP contribution in [0.15, 0.2) is 47.4 Å². The third kappa shape index (κ3) is 4.90. The Labute approximate surface area is 187 Å². The smallest absolute Gasteiger partial charge is 0.409 e. The fraction of sp³-hybridized carbons (Fsp3) is 0.350. The molecule has 0 N–H and O–H groups in total. The Balaban J connectivity index is 1.69. The van der Waals surface area contributed by atoms with Crippen LogP contribution >= 0.6 is 23.2 Å². The molecular formula is C20H23Cl2N3O4S. The fourth-order valence-corrected chi connectivity index (χ4v) is 5.90. The number of rotatable bonds is 5. The van der Waals surface area contributed by atoms with Crippen molar-refractivity contribution in [2.45, 2.75) is 11.4 Å². The predicted molar refractivity (Wildman–Crippen MR) is 118 cm³/mol. The number of ether oxygens (including phenoxy) is 1. The van der Waals surface area contributed by atoms with E-state index in [-0.39, 0.29) is 14.9 Å². The first kappa shape index (κ1) is 22.8. The Bertz CT molecular complexity index is 947. The molecule has 1 aliphatic rings. The van der Waals surface area contributed by atoms with Crippen molar-refractivity contribution in [3.63, 3.8) is 0 Å². The molecule has 0 aliphatic carbocycles. The molecule has 7 nitrogen and oxygen atoms in total. The zero-order valence-corrected chi connectivity index (χ0v) is 19.0. The largest absolute Gasteiger partial charge is 0.593 e. The second kappa shape index (κ2) is 9.53. The minimum atomic E-state index is -3.78. The zero-order valence-electron chi connectivity index (χ0n) is 16.7. The van der Waals surface area contributed by atoms with E-state index in [0.717, 1.165) is 11.3 Å². The molecule has 0 aromatic heterocycles. The van der Waals surface area contributed by atoms with Crippen LogP contribution < -0.4 is 4.90 Å². The minimum absolute atomic E-state index is 0.0466. The first-order valence-electron chi connectivity index (χ1n) is 9.31. The lowest BCUT2D eigenvalue weighted by Crippen LogP contribution is -2.51. The van der Waals surface area contributed by atoms with Gasteiger partial charge in [-0.05, 0) is 29.8 Å². The van der Waals surface area contributed by atoms with Gasteiger partial charge in [0.2, 0.25) is 4.90 Å². The molecule has 0 bridgehead atoms. The van der Waals surface area contributed by atoms with Crippen molar-refractivity contribution in [1.29, 1.82) is 0 Å². The molecule has 0 radical (unpaired) electrons. The van der Waals surface area contributed by atoms with Crippen LogP contribution in [0.1, 0.15) is 5.56 Å². The summed E-state index contributed by atoms with van der Waals surface area (Å²) in [6, 6.07) is 12.5. The average Bonchev–Trinajstić information content (AvgIpc) is 2.73. The summed E-state index contributed by atoms with van der Waals surface area (Å²) in [7, 11) is -0.766. The van der Waals surface area contributed by atoms with E-state index in [1.807, 2.05) is 24.3 Å². The summed E-state index contributed by atoms with van der Waals surface area (Å²) >= 11 is 12.2. The van der Waals surface area contributed by atoms with E-state index in [1.165, 1.54) is 28.4 Å². The van der Waals surface area contributed by atoms with Crippen LogP contribution in [0.5, 0.6) is 0 Å². The Morgan fingerprint density at radius 1 is 1.13 bits per heavy atom. The van der Waals surface area contributed by atoms with Gasteiger partial charge in [-0.15, -0.1) is 4.31 Å². The molecule has 1 fully saturated rings. The van der Waals surface area contributed by atoms with Crippen molar-refractivity contribution >= 4 is 45.4 Å². The van der Waals surface area contributed by atoms with E-state index < -0.39 is 16.5 Å². The summed E-state index contributed by atoms with van der Waals surface area (Å²) in [6.45, 7) is 2.10. The number of piperazine rings is 1. The van der Waals surface area contributed by atoms with Crippen molar-refractivity contribution in [2.75, 3.05) is 45.2 Å². The van der Waals surface area contributed by atoms with E-state index in [2.05, 4.69) is 4.90 Å². The first-order valence-corrected chi connectivity index (χ1v) is 11.5. The van der Waals surface area contributed by atoms with Gasteiger partial charge in [0.25, 0.3) is 0 Å². The Hall–Kier alpha value is -1.84. The van der Waals surface area contributed by atoms with Gasteiger partial charge in [0.05, 0.1) is 30.2 Å². The van der Waals surface area contributed by atoms with Gasteiger partial charge in [0.15, 0.2) is 10.4 Å². The molecule has 162 valence electrons. The third-order valence-corrected chi connectivity index (χ3v) is 7.79. The summed E-state index contributed by atoms with van der Waals surface area (Å²) < 4.78 is 32.2. The SMILES string of the molecule is COC(=O)N(C)Cc1cccc(N2CCN([S+](=O)([O-])c3c(Cl)cccc3Cl)CC2)c1. The van der Waals surface area contributed by atoms with Crippen LogP contribution in [0.2, 0.25) is 10.0 Å². The number of anilines is 1. The number of carbonyl (C=O) groups is 1. The van der Waals surface area contributed by atoms with Crippen LogP contribution in [0.3, 0.4) is 0 Å². The molecule has 2 aromatic rings. The van der Waals surface area contributed by atoms with E-state index in [9.17, 15) is 13.6 Å². The van der Waals surface area contributed by atoms with Gasteiger partial charge in [-0.2, -0.15) is 0 Å². The van der Waals surface area contributed by atoms with E-state index in [1.54, 1.807) is 13.1 Å². The van der Waals surface area contributed by atoms with E-state index in [4.69, 9.17) is 27.9 Å². The number of methoxy groups -OCH3 is 1. The maximum atomic E-state index is 13.0. The topological polar surface area (TPSA) is 76.2 Å². The van der Waals surface area contributed by atoms with Crippen LogP contribution in [0.25, 0.3) is 0 Å². The highest BCUT2D eigenvalue weighted by molar-refractivity contribution is 7.95. The molecule has 0 spiro atoms. The van der Waals surface area contributed by atoms with Gasteiger partial charge in [-0.1, -0.05) is 45.6 Å². The number of halogens is 2. The number of benzene rings is 2. The fourth-order valence-electron chi connectivity index (χ4n) is 3.39. The highest BCUT2D eigenvalue weighted by Gasteiger charge is 2.37. The first-order chi connectivity index (χ1) is 14.2. The van der Waals surface area contributed by atoms with Crippen molar-refractivity contribution in [3.05, 3.63) is 58.1 Å². The van der Waals surface area contributed by atoms with Gasteiger partial charge >= 0.3 is 6.09 Å². The van der Waals surface area contributed by atoms with Crippen molar-refractivity contribution in [3.8, 4) is 0 Å². The van der Waals surface area contributed by atoms with Crippen LogP contribution in [0.4, 0.5) is 10.5 Å². The summed E-state index contributed by atoms with van der Waals surface area (Å²) in [4.78, 5) is 15.2. The standard InChI is InChI=1S/C20H23Cl2N3O4S/c1-23(20(26)29-2)14-15-5-3-6-16(13-15)24-9-11-25(12-10-24)30(27,28)19-17(21)7-4-8-18(19)22/h3-8,13H,9-12,14H2,1-2H3. The molecule has 0 saturated carbocycles. The summed E-state index contributed by atoms with van der Waals surface area (Å²) in [5, 5.41) is 0.236. The Morgan fingerprint density at radius 2 is 1.73 bits per heavy atom. The lowest BCUT2D eigenvalue weighted by atomic mass is 10.1. The highest BCUT2D eigenvalue weighted by atomic mass is 35.5. The van der Waals surface area contributed by atoms with Crippen molar-refractivity contribution in [1.82, 2.24) is 9.21 Å². The number of carbonyl (C=O) groups excluding carboxylic acids is 1. The molecule has 3 rings (SSSR count).